The molecule has 3 N–H and O–H groups in total. The van der Waals surface area contributed by atoms with E-state index in [0.29, 0.717) is 12.2 Å². The number of nitrogens with one attached hydrogen (secondary N) is 1. The molecular weight excluding hydrogens is 260 g/mol. The number of fused-ring (bicyclic) bond motifs is 1. The van der Waals surface area contributed by atoms with E-state index in [1.807, 2.05) is 31.2 Å². The van der Waals surface area contributed by atoms with Crippen LogP contribution < -0.4 is 11.1 Å². The highest BCUT2D eigenvalue weighted by molar-refractivity contribution is 7.86. The summed E-state index contributed by atoms with van der Waals surface area (Å²) in [5.41, 5.74) is 7.77. The molecule has 1 aromatic rings. The van der Waals surface area contributed by atoms with Crippen molar-refractivity contribution in [1.82, 2.24) is 0 Å². The van der Waals surface area contributed by atoms with Gasteiger partial charge in [0.15, 0.2) is 0 Å². The molecule has 1 aliphatic rings. The maximum absolute atomic E-state index is 12.3. The van der Waals surface area contributed by atoms with Crippen LogP contribution in [0.5, 0.6) is 0 Å². The van der Waals surface area contributed by atoms with E-state index >= 15 is 0 Å². The molecule has 19 heavy (non-hydrogen) atoms. The van der Waals surface area contributed by atoms with Crippen molar-refractivity contribution in [3.05, 3.63) is 29.8 Å². The van der Waals surface area contributed by atoms with Crippen LogP contribution in [0, 0.1) is 0 Å². The zero-order valence-corrected chi connectivity index (χ0v) is 11.9. The summed E-state index contributed by atoms with van der Waals surface area (Å²) in [6.07, 6.45) is 2.17. The molecule has 1 amide bonds. The minimum Gasteiger partial charge on any atom is -0.327 e. The van der Waals surface area contributed by atoms with Gasteiger partial charge < -0.3 is 11.1 Å². The van der Waals surface area contributed by atoms with Gasteiger partial charge in [-0.15, -0.1) is 0 Å². The normalized spacial score (nSPS) is 22.0. The van der Waals surface area contributed by atoms with E-state index in [2.05, 4.69) is 5.32 Å². The number of rotatable bonds is 4. The van der Waals surface area contributed by atoms with Gasteiger partial charge in [-0.05, 0) is 30.9 Å². The van der Waals surface area contributed by atoms with Gasteiger partial charge >= 0.3 is 0 Å². The molecule has 0 radical (unpaired) electrons. The molecule has 1 aliphatic heterocycles. The van der Waals surface area contributed by atoms with Crippen LogP contribution in [0.1, 0.15) is 25.3 Å². The molecule has 4 nitrogen and oxygen atoms in total. The maximum atomic E-state index is 12.3. The van der Waals surface area contributed by atoms with E-state index in [4.69, 9.17) is 5.73 Å². The summed E-state index contributed by atoms with van der Waals surface area (Å²) >= 11 is 0. The molecule has 0 fully saturated rings. The minimum atomic E-state index is -1.20. The Kier molecular flexibility index (Phi) is 4.71. The number of aryl methyl sites for hydroxylation is 1. The summed E-state index contributed by atoms with van der Waals surface area (Å²) in [7, 11) is -1.20. The molecular formula is C14H20N2O2S. The molecule has 0 aliphatic carbocycles. The number of carbonyl (C=O) groups is 1. The second-order valence-corrected chi connectivity index (χ2v) is 6.55. The van der Waals surface area contributed by atoms with E-state index in [0.717, 1.165) is 24.1 Å². The molecule has 1 aromatic carbocycles. The Morgan fingerprint density at radius 3 is 2.95 bits per heavy atom. The van der Waals surface area contributed by atoms with Gasteiger partial charge in [0, 0.05) is 28.3 Å². The van der Waals surface area contributed by atoms with Crippen LogP contribution in [0.2, 0.25) is 0 Å². The first-order valence-corrected chi connectivity index (χ1v) is 8.01. The number of hydrogen-bond acceptors (Lipinski definition) is 3. The van der Waals surface area contributed by atoms with Gasteiger partial charge in [0.05, 0.1) is 0 Å². The zero-order chi connectivity index (χ0) is 13.8. The number of benzene rings is 1. The first kappa shape index (κ1) is 14.2. The first-order valence-electron chi connectivity index (χ1n) is 6.63. The van der Waals surface area contributed by atoms with Crippen molar-refractivity contribution in [3.63, 3.8) is 0 Å². The van der Waals surface area contributed by atoms with E-state index in [9.17, 15) is 9.00 Å². The SMILES string of the molecule is CCC(N)CS(=O)C1CCc2ccccc2NC1=O. The van der Waals surface area contributed by atoms with Crippen LogP contribution >= 0.6 is 0 Å². The lowest BCUT2D eigenvalue weighted by atomic mass is 10.1. The van der Waals surface area contributed by atoms with Gasteiger partial charge in [-0.2, -0.15) is 0 Å². The molecule has 104 valence electrons. The highest BCUT2D eigenvalue weighted by Crippen LogP contribution is 2.23. The number of anilines is 1. The fourth-order valence-electron chi connectivity index (χ4n) is 2.19. The molecule has 1 heterocycles. The van der Waals surface area contributed by atoms with Crippen molar-refractivity contribution in [2.45, 2.75) is 37.5 Å². The fourth-order valence-corrected chi connectivity index (χ4v) is 3.76. The van der Waals surface area contributed by atoms with E-state index in [-0.39, 0.29) is 11.9 Å². The highest BCUT2D eigenvalue weighted by Gasteiger charge is 2.29. The van der Waals surface area contributed by atoms with Crippen LogP contribution in [0.3, 0.4) is 0 Å². The summed E-state index contributed by atoms with van der Waals surface area (Å²) in [5.74, 6) is 0.247. The molecule has 3 unspecified atom stereocenters. The molecule has 0 spiro atoms. The van der Waals surface area contributed by atoms with E-state index in [1.165, 1.54) is 0 Å². The second-order valence-electron chi connectivity index (χ2n) is 4.89. The lowest BCUT2D eigenvalue weighted by Crippen LogP contribution is -2.36. The Hall–Kier alpha value is -1.20. The Morgan fingerprint density at radius 2 is 2.21 bits per heavy atom. The molecule has 3 atom stereocenters. The summed E-state index contributed by atoms with van der Waals surface area (Å²) < 4.78 is 12.3. The molecule has 0 bridgehead atoms. The number of hydrogen-bond donors (Lipinski definition) is 2. The Bertz CT molecular complexity index is 490. The van der Waals surface area contributed by atoms with Crippen LogP contribution in [0.4, 0.5) is 5.69 Å². The number of nitrogens with two attached hydrogens (primary N) is 1. The molecule has 2 rings (SSSR count). The van der Waals surface area contributed by atoms with E-state index < -0.39 is 16.0 Å². The van der Waals surface area contributed by atoms with E-state index in [1.54, 1.807) is 0 Å². The lowest BCUT2D eigenvalue weighted by molar-refractivity contribution is -0.115. The van der Waals surface area contributed by atoms with Crippen LogP contribution in [0.15, 0.2) is 24.3 Å². The quantitative estimate of drug-likeness (QED) is 0.876. The highest BCUT2D eigenvalue weighted by atomic mass is 32.2. The number of amides is 1. The summed E-state index contributed by atoms with van der Waals surface area (Å²) in [4.78, 5) is 12.1. The third-order valence-electron chi connectivity index (χ3n) is 3.46. The minimum absolute atomic E-state index is 0.0979. The monoisotopic (exact) mass is 280 g/mol. The van der Waals surface area contributed by atoms with Gasteiger partial charge in [0.1, 0.15) is 5.25 Å². The van der Waals surface area contributed by atoms with Gasteiger partial charge in [-0.25, -0.2) is 0 Å². The largest absolute Gasteiger partial charge is 0.327 e. The van der Waals surface area contributed by atoms with Gasteiger partial charge in [-0.1, -0.05) is 25.1 Å². The first-order chi connectivity index (χ1) is 9.11. The second kappa shape index (κ2) is 6.30. The molecule has 0 saturated carbocycles. The third kappa shape index (κ3) is 3.42. The maximum Gasteiger partial charge on any atom is 0.240 e. The van der Waals surface area contributed by atoms with Gasteiger partial charge in [0.25, 0.3) is 0 Å². The smallest absolute Gasteiger partial charge is 0.240 e. The Morgan fingerprint density at radius 1 is 1.47 bits per heavy atom. The third-order valence-corrected chi connectivity index (χ3v) is 5.30. The lowest BCUT2D eigenvalue weighted by Gasteiger charge is -2.15. The topological polar surface area (TPSA) is 72.2 Å². The Labute approximate surface area is 116 Å². The standard InChI is InChI=1S/C14H20N2O2S/c1-2-11(15)9-19(18)13-8-7-10-5-3-4-6-12(10)16-14(13)17/h3-6,11,13H,2,7-9,15H2,1H3,(H,16,17). The molecule has 0 aromatic heterocycles. The average molecular weight is 280 g/mol. The van der Waals surface area contributed by atoms with Crippen molar-refractivity contribution >= 4 is 22.4 Å². The Balaban J connectivity index is 2.10. The predicted molar refractivity (Wildman–Crippen MR) is 78.5 cm³/mol. The van der Waals surface area contributed by atoms with Crippen molar-refractivity contribution < 1.29 is 9.00 Å². The van der Waals surface area contributed by atoms with Crippen molar-refractivity contribution in [2.75, 3.05) is 11.1 Å². The van der Waals surface area contributed by atoms with Crippen molar-refractivity contribution in [3.8, 4) is 0 Å². The van der Waals surface area contributed by atoms with Crippen LogP contribution in [-0.4, -0.2) is 27.2 Å². The number of carbonyl (C=O) groups excluding carboxylic acids is 1. The van der Waals surface area contributed by atoms with Crippen molar-refractivity contribution in [2.24, 2.45) is 5.73 Å². The van der Waals surface area contributed by atoms with Gasteiger partial charge in [-0.3, -0.25) is 9.00 Å². The predicted octanol–water partition coefficient (Wildman–Crippen LogP) is 1.43. The summed E-state index contributed by atoms with van der Waals surface area (Å²) in [5, 5.41) is 2.42. The fraction of sp³-hybridized carbons (Fsp3) is 0.500. The summed E-state index contributed by atoms with van der Waals surface area (Å²) in [6.45, 7) is 1.96. The average Bonchev–Trinajstić information content (AvgIpc) is 2.56. The molecule has 0 saturated heterocycles. The van der Waals surface area contributed by atoms with Crippen LogP contribution in [-0.2, 0) is 22.0 Å². The molecule has 5 heteroatoms. The van der Waals surface area contributed by atoms with Gasteiger partial charge in [0.2, 0.25) is 5.91 Å². The summed E-state index contributed by atoms with van der Waals surface area (Å²) in [6, 6.07) is 7.63. The van der Waals surface area contributed by atoms with Crippen molar-refractivity contribution in [1.29, 1.82) is 0 Å². The van der Waals surface area contributed by atoms with Crippen LogP contribution in [0.25, 0.3) is 0 Å². The number of para-hydroxylation sites is 1. The zero-order valence-electron chi connectivity index (χ0n) is 11.1.